The number of hydrogen-bond donors (Lipinski definition) is 2. The van der Waals surface area contributed by atoms with Crippen LogP contribution >= 0.6 is 11.8 Å². The molecule has 1 unspecified atom stereocenters. The van der Waals surface area contributed by atoms with Crippen LogP contribution in [0.5, 0.6) is 5.75 Å². The lowest BCUT2D eigenvalue weighted by atomic mass is 10.2. The first-order valence-corrected chi connectivity index (χ1v) is 13.2. The van der Waals surface area contributed by atoms with E-state index in [1.54, 1.807) is 7.11 Å². The number of likely N-dealkylation sites (tertiary alicyclic amines) is 1. The molecule has 1 aromatic carbocycles. The molecule has 0 aliphatic carbocycles. The molecule has 8 nitrogen and oxygen atoms in total. The van der Waals surface area contributed by atoms with Gasteiger partial charge in [-0.05, 0) is 57.3 Å². The number of nitrogens with zero attached hydrogens (tertiary/aromatic N) is 1. The Morgan fingerprint density at radius 3 is 2.37 bits per heavy atom. The highest BCUT2D eigenvalue weighted by atomic mass is 32.2. The maximum Gasteiger partial charge on any atom is 0.243 e. The third-order valence-corrected chi connectivity index (χ3v) is 6.60. The van der Waals surface area contributed by atoms with E-state index in [0.717, 1.165) is 24.1 Å². The highest BCUT2D eigenvalue weighted by Crippen LogP contribution is 2.33. The number of thioether (sulfide) groups is 1. The fourth-order valence-corrected chi connectivity index (χ4v) is 4.54. The van der Waals surface area contributed by atoms with Gasteiger partial charge >= 0.3 is 0 Å². The van der Waals surface area contributed by atoms with Crippen molar-refractivity contribution in [1.29, 1.82) is 0 Å². The molecule has 2 rings (SSSR count). The number of benzene rings is 1. The monoisotopic (exact) mass is 511 g/mol. The van der Waals surface area contributed by atoms with Gasteiger partial charge < -0.3 is 34.5 Å². The fourth-order valence-electron chi connectivity index (χ4n) is 3.19. The van der Waals surface area contributed by atoms with Crippen molar-refractivity contribution in [2.75, 3.05) is 86.5 Å². The third-order valence-electron chi connectivity index (χ3n) is 5.19. The molecule has 9 heteroatoms. The first kappa shape index (κ1) is 31.4. The molecule has 0 spiro atoms. The summed E-state index contributed by atoms with van der Waals surface area (Å²) in [4.78, 5) is 14.5. The normalized spacial score (nSPS) is 15.4. The van der Waals surface area contributed by atoms with Crippen LogP contribution in [0, 0.1) is 6.92 Å². The zero-order valence-corrected chi connectivity index (χ0v) is 22.8. The second-order valence-electron chi connectivity index (χ2n) is 8.11. The Kier molecular flexibility index (Phi) is 18.5. The van der Waals surface area contributed by atoms with Gasteiger partial charge in [0.2, 0.25) is 5.91 Å². The Morgan fingerprint density at radius 2 is 1.80 bits per heavy atom. The number of likely N-dealkylation sites (N-methyl/N-ethyl adjacent to an activating group) is 1. The van der Waals surface area contributed by atoms with E-state index < -0.39 is 0 Å². The van der Waals surface area contributed by atoms with Gasteiger partial charge in [-0.2, -0.15) is 0 Å². The van der Waals surface area contributed by atoms with E-state index in [1.165, 1.54) is 36.0 Å². The van der Waals surface area contributed by atoms with Gasteiger partial charge in [0.1, 0.15) is 5.75 Å². The molecule has 2 N–H and O–H groups in total. The Morgan fingerprint density at radius 1 is 1.14 bits per heavy atom. The molecule has 1 saturated heterocycles. The van der Waals surface area contributed by atoms with Crippen molar-refractivity contribution >= 4 is 17.7 Å². The zero-order valence-electron chi connectivity index (χ0n) is 22.0. The van der Waals surface area contributed by atoms with E-state index >= 15 is 0 Å². The van der Waals surface area contributed by atoms with Crippen LogP contribution < -0.4 is 15.4 Å². The lowest BCUT2D eigenvalue weighted by molar-refractivity contribution is -0.116. The highest BCUT2D eigenvalue weighted by molar-refractivity contribution is 8.00. The van der Waals surface area contributed by atoms with Crippen molar-refractivity contribution in [2.45, 2.75) is 30.4 Å². The number of nitrogens with one attached hydrogen (secondary N) is 2. The van der Waals surface area contributed by atoms with E-state index in [2.05, 4.69) is 55.1 Å². The summed E-state index contributed by atoms with van der Waals surface area (Å²) in [6, 6.07) is 6.32. The first-order valence-electron chi connectivity index (χ1n) is 12.3. The third kappa shape index (κ3) is 15.9. The molecule has 1 amide bonds. The second-order valence-corrected chi connectivity index (χ2v) is 9.45. The van der Waals surface area contributed by atoms with Crippen LogP contribution in [-0.4, -0.2) is 103 Å². The molecule has 0 radical (unpaired) electrons. The standard InChI is InChI=1S/C13H26N2O4.C13H19NOS/c1-3-13(16)15-6-8-18-10-12-19-11-9-17-7-5-14-4-2;1-10-4-5-11(15-3)8-13(10)16-12-6-7-14(2)9-12/h3,14H,1,4-12H2,2H3,(H,15,16);4-5,8,12H,6-7,9H2,1-3H3. The number of carbonyl (C=O) groups is 1. The number of aryl methyl sites for hydroxylation is 1. The number of carbonyl (C=O) groups excluding carboxylic acids is 1. The average Bonchev–Trinajstić information content (AvgIpc) is 3.28. The molecule has 35 heavy (non-hydrogen) atoms. The van der Waals surface area contributed by atoms with Gasteiger partial charge in [-0.25, -0.2) is 0 Å². The van der Waals surface area contributed by atoms with Crippen molar-refractivity contribution in [3.05, 3.63) is 36.4 Å². The molecule has 1 heterocycles. The van der Waals surface area contributed by atoms with Crippen LogP contribution in [0.1, 0.15) is 18.9 Å². The minimum Gasteiger partial charge on any atom is -0.497 e. The van der Waals surface area contributed by atoms with Crippen LogP contribution in [-0.2, 0) is 19.0 Å². The van der Waals surface area contributed by atoms with Crippen molar-refractivity contribution in [1.82, 2.24) is 15.5 Å². The number of rotatable bonds is 17. The number of methoxy groups -OCH3 is 1. The van der Waals surface area contributed by atoms with E-state index in [4.69, 9.17) is 18.9 Å². The average molecular weight is 512 g/mol. The van der Waals surface area contributed by atoms with Crippen molar-refractivity contribution in [3.8, 4) is 5.75 Å². The maximum absolute atomic E-state index is 10.8. The van der Waals surface area contributed by atoms with Crippen LogP contribution in [0.4, 0.5) is 0 Å². The summed E-state index contributed by atoms with van der Waals surface area (Å²) in [7, 11) is 3.92. The maximum atomic E-state index is 10.8. The van der Waals surface area contributed by atoms with Crippen molar-refractivity contribution < 1.29 is 23.7 Å². The summed E-state index contributed by atoms with van der Waals surface area (Å²) >= 11 is 1.99. The van der Waals surface area contributed by atoms with Crippen LogP contribution in [0.15, 0.2) is 35.7 Å². The zero-order chi connectivity index (χ0) is 25.7. The summed E-state index contributed by atoms with van der Waals surface area (Å²) in [5.41, 5.74) is 1.35. The van der Waals surface area contributed by atoms with Crippen LogP contribution in [0.3, 0.4) is 0 Å². The van der Waals surface area contributed by atoms with E-state index in [-0.39, 0.29) is 5.91 Å². The lowest BCUT2D eigenvalue weighted by Crippen LogP contribution is -2.25. The topological polar surface area (TPSA) is 81.3 Å². The molecule has 200 valence electrons. The minimum atomic E-state index is -0.186. The van der Waals surface area contributed by atoms with Crippen molar-refractivity contribution in [3.63, 3.8) is 0 Å². The summed E-state index contributed by atoms with van der Waals surface area (Å²) in [6.07, 6.45) is 2.52. The van der Waals surface area contributed by atoms with Gasteiger partial charge in [0.15, 0.2) is 0 Å². The highest BCUT2D eigenvalue weighted by Gasteiger charge is 2.21. The molecule has 1 atom stereocenters. The predicted octanol–water partition coefficient (Wildman–Crippen LogP) is 2.75. The van der Waals surface area contributed by atoms with Gasteiger partial charge in [-0.1, -0.05) is 19.6 Å². The smallest absolute Gasteiger partial charge is 0.243 e. The van der Waals surface area contributed by atoms with E-state index in [1.807, 2.05) is 17.8 Å². The number of ether oxygens (including phenoxy) is 4. The van der Waals surface area contributed by atoms with Gasteiger partial charge in [-0.3, -0.25) is 4.79 Å². The summed E-state index contributed by atoms with van der Waals surface area (Å²) in [5, 5.41) is 6.52. The molecule has 0 saturated carbocycles. The fraction of sp³-hybridized carbons (Fsp3) is 0.654. The number of hydrogen-bond acceptors (Lipinski definition) is 8. The van der Waals surface area contributed by atoms with E-state index in [9.17, 15) is 4.79 Å². The molecular formula is C26H45N3O5S. The lowest BCUT2D eigenvalue weighted by Gasteiger charge is -2.13. The molecule has 0 bridgehead atoms. The van der Waals surface area contributed by atoms with Gasteiger partial charge in [0, 0.05) is 29.8 Å². The van der Waals surface area contributed by atoms with Crippen LogP contribution in [0.2, 0.25) is 0 Å². The van der Waals surface area contributed by atoms with Gasteiger partial charge in [-0.15, -0.1) is 11.8 Å². The Hall–Kier alpha value is -1.62. The molecule has 1 aliphatic rings. The van der Waals surface area contributed by atoms with Gasteiger partial charge in [0.25, 0.3) is 0 Å². The first-order chi connectivity index (χ1) is 17.0. The minimum absolute atomic E-state index is 0.186. The summed E-state index contributed by atoms with van der Waals surface area (Å²) in [5.74, 6) is 0.772. The Bertz CT molecular complexity index is 708. The predicted molar refractivity (Wildman–Crippen MR) is 144 cm³/mol. The largest absolute Gasteiger partial charge is 0.497 e. The number of amides is 1. The van der Waals surface area contributed by atoms with Crippen LogP contribution in [0.25, 0.3) is 0 Å². The quantitative estimate of drug-likeness (QED) is 0.244. The van der Waals surface area contributed by atoms with E-state index in [0.29, 0.717) is 46.2 Å². The second kappa shape index (κ2) is 20.6. The molecule has 1 aliphatic heterocycles. The summed E-state index contributed by atoms with van der Waals surface area (Å²) in [6.45, 7) is 15.7. The van der Waals surface area contributed by atoms with Crippen molar-refractivity contribution in [2.24, 2.45) is 0 Å². The Balaban J connectivity index is 0.000000353. The molecule has 1 aromatic rings. The summed E-state index contributed by atoms with van der Waals surface area (Å²) < 4.78 is 21.2. The van der Waals surface area contributed by atoms with Gasteiger partial charge in [0.05, 0.1) is 46.8 Å². The molecule has 1 fully saturated rings. The Labute approximate surface area is 216 Å². The molecular weight excluding hydrogens is 466 g/mol. The molecule has 0 aromatic heterocycles. The SMILES string of the molecule is C=CC(=O)NCCOCCOCCOCCNCC.COc1ccc(C)c(SC2CCN(C)C2)c1.